The fraction of sp³-hybridized carbons (Fsp3) is 0.150. The van der Waals surface area contributed by atoms with Gasteiger partial charge < -0.3 is 4.98 Å². The van der Waals surface area contributed by atoms with Crippen LogP contribution in [0.2, 0.25) is 0 Å². The molecule has 136 valence electrons. The van der Waals surface area contributed by atoms with E-state index in [0.29, 0.717) is 21.3 Å². The van der Waals surface area contributed by atoms with E-state index in [1.807, 2.05) is 19.2 Å². The number of aromatic amines is 1. The van der Waals surface area contributed by atoms with Gasteiger partial charge in [0.15, 0.2) is 5.78 Å². The molecule has 0 fully saturated rings. The smallest absolute Gasteiger partial charge is 0.263 e. The molecule has 1 aromatic carbocycles. The Kier molecular flexibility index (Phi) is 4.24. The van der Waals surface area contributed by atoms with Crippen LogP contribution in [0.15, 0.2) is 46.8 Å². The first-order valence-corrected chi connectivity index (χ1v) is 9.24. The first-order valence-electron chi connectivity index (χ1n) is 8.36. The molecule has 4 rings (SSSR count). The molecule has 0 spiro atoms. The Labute approximate surface area is 158 Å². The molecule has 0 atom stereocenters. The highest BCUT2D eigenvalue weighted by Crippen LogP contribution is 2.30. The van der Waals surface area contributed by atoms with Crippen molar-refractivity contribution in [1.29, 1.82) is 0 Å². The molecule has 0 saturated carbocycles. The van der Waals surface area contributed by atoms with Crippen LogP contribution in [0.25, 0.3) is 21.3 Å². The fourth-order valence-corrected chi connectivity index (χ4v) is 4.08. The highest BCUT2D eigenvalue weighted by Gasteiger charge is 2.17. The molecular weight excluding hydrogens is 365 g/mol. The van der Waals surface area contributed by atoms with Gasteiger partial charge in [0, 0.05) is 27.9 Å². The molecule has 0 aliphatic carbocycles. The van der Waals surface area contributed by atoms with Gasteiger partial charge in [0.1, 0.15) is 10.6 Å². The van der Waals surface area contributed by atoms with Gasteiger partial charge >= 0.3 is 0 Å². The van der Waals surface area contributed by atoms with E-state index in [4.69, 9.17) is 0 Å². The molecule has 0 amide bonds. The molecule has 0 aliphatic rings. The van der Waals surface area contributed by atoms with Gasteiger partial charge in [-0.25, -0.2) is 9.37 Å². The minimum Gasteiger partial charge on any atom is -0.362 e. The van der Waals surface area contributed by atoms with E-state index >= 15 is 0 Å². The number of nitrogens with zero attached hydrogens (tertiary/aromatic N) is 2. The lowest BCUT2D eigenvalue weighted by molar-refractivity contribution is 0.0970. The number of fused-ring (bicyclic) bond motifs is 1. The van der Waals surface area contributed by atoms with Crippen LogP contribution in [0.1, 0.15) is 21.7 Å². The number of H-pyrrole nitrogens is 1. The Hall–Kier alpha value is -3.06. The predicted octanol–water partition coefficient (Wildman–Crippen LogP) is 4.09. The lowest BCUT2D eigenvalue weighted by Crippen LogP contribution is -2.24. The van der Waals surface area contributed by atoms with E-state index in [9.17, 15) is 14.0 Å². The Morgan fingerprint density at radius 2 is 2.00 bits per heavy atom. The van der Waals surface area contributed by atoms with Gasteiger partial charge in [-0.3, -0.25) is 14.2 Å². The third-order valence-corrected chi connectivity index (χ3v) is 5.37. The third kappa shape index (κ3) is 3.10. The summed E-state index contributed by atoms with van der Waals surface area (Å²) >= 11 is 1.35. The van der Waals surface area contributed by atoms with Gasteiger partial charge in [0.2, 0.25) is 0 Å². The first-order chi connectivity index (χ1) is 12.9. The predicted molar refractivity (Wildman–Crippen MR) is 104 cm³/mol. The number of benzene rings is 1. The van der Waals surface area contributed by atoms with Crippen molar-refractivity contribution >= 4 is 27.3 Å². The summed E-state index contributed by atoms with van der Waals surface area (Å²) in [5.74, 6) is -0.491. The van der Waals surface area contributed by atoms with Gasteiger partial charge in [-0.05, 0) is 37.6 Å². The number of halogens is 1. The summed E-state index contributed by atoms with van der Waals surface area (Å²) < 4.78 is 14.5. The maximum atomic E-state index is 13.2. The molecule has 3 heterocycles. The molecule has 5 nitrogen and oxygen atoms in total. The molecule has 1 N–H and O–H groups in total. The molecule has 4 aromatic rings. The molecule has 0 bridgehead atoms. The van der Waals surface area contributed by atoms with E-state index in [-0.39, 0.29) is 23.7 Å². The number of carbonyl (C=O) groups is 1. The second-order valence-electron chi connectivity index (χ2n) is 6.43. The maximum Gasteiger partial charge on any atom is 0.263 e. The van der Waals surface area contributed by atoms with Gasteiger partial charge in [0.05, 0.1) is 18.3 Å². The number of carbonyl (C=O) groups excluding carboxylic acids is 1. The minimum atomic E-state index is -0.336. The molecule has 7 heteroatoms. The molecular formula is C20H16FN3O2S. The number of ketones is 1. The summed E-state index contributed by atoms with van der Waals surface area (Å²) in [6.07, 6.45) is 1.41. The summed E-state index contributed by atoms with van der Waals surface area (Å²) in [4.78, 5) is 33.6. The molecule has 0 saturated heterocycles. The Bertz CT molecular complexity index is 1220. The monoisotopic (exact) mass is 381 g/mol. The SMILES string of the molecule is Cc1cc(C(=O)Cn2cnc3scc(-c4ccc(F)cc4)c3c2=O)c(C)[nH]1. The van der Waals surface area contributed by atoms with Crippen molar-refractivity contribution in [3.63, 3.8) is 0 Å². The van der Waals surface area contributed by atoms with Crippen LogP contribution in [-0.2, 0) is 6.54 Å². The van der Waals surface area contributed by atoms with E-state index < -0.39 is 0 Å². The number of hydrogen-bond donors (Lipinski definition) is 1. The topological polar surface area (TPSA) is 67.8 Å². The zero-order valence-corrected chi connectivity index (χ0v) is 15.6. The molecule has 0 unspecified atom stereocenters. The van der Waals surface area contributed by atoms with E-state index in [0.717, 1.165) is 17.0 Å². The van der Waals surface area contributed by atoms with Crippen molar-refractivity contribution in [2.24, 2.45) is 0 Å². The minimum absolute atomic E-state index is 0.0847. The molecule has 3 aromatic heterocycles. The average molecular weight is 381 g/mol. The van der Waals surface area contributed by atoms with Crippen LogP contribution in [0, 0.1) is 19.7 Å². The van der Waals surface area contributed by atoms with Crippen LogP contribution in [0.4, 0.5) is 4.39 Å². The standard InChI is InChI=1S/C20H16FN3O2S/c1-11-7-15(12(2)23-11)17(25)8-24-10-22-19-18(20(24)26)16(9-27-19)13-3-5-14(21)6-4-13/h3-7,9-10,23H,8H2,1-2H3. The summed E-state index contributed by atoms with van der Waals surface area (Å²) in [5, 5.41) is 2.28. The van der Waals surface area contributed by atoms with Crippen molar-refractivity contribution in [2.75, 3.05) is 0 Å². The van der Waals surface area contributed by atoms with Gasteiger partial charge in [-0.1, -0.05) is 12.1 Å². The summed E-state index contributed by atoms with van der Waals surface area (Å²) in [6, 6.07) is 7.75. The number of hydrogen-bond acceptors (Lipinski definition) is 4. The second kappa shape index (κ2) is 6.59. The number of thiophene rings is 1. The van der Waals surface area contributed by atoms with Crippen LogP contribution in [-0.4, -0.2) is 20.3 Å². The lowest BCUT2D eigenvalue weighted by atomic mass is 10.1. The second-order valence-corrected chi connectivity index (χ2v) is 7.29. The van der Waals surface area contributed by atoms with Crippen LogP contribution >= 0.6 is 11.3 Å². The van der Waals surface area contributed by atoms with Crippen molar-refractivity contribution in [3.8, 4) is 11.1 Å². The highest BCUT2D eigenvalue weighted by atomic mass is 32.1. The summed E-state index contributed by atoms with van der Waals surface area (Å²) in [7, 11) is 0. The van der Waals surface area contributed by atoms with Crippen LogP contribution < -0.4 is 5.56 Å². The Morgan fingerprint density at radius 3 is 2.67 bits per heavy atom. The fourth-order valence-electron chi connectivity index (χ4n) is 3.18. The quantitative estimate of drug-likeness (QED) is 0.542. The Morgan fingerprint density at radius 1 is 1.26 bits per heavy atom. The van der Waals surface area contributed by atoms with E-state index in [2.05, 4.69) is 9.97 Å². The van der Waals surface area contributed by atoms with Crippen molar-refractivity contribution < 1.29 is 9.18 Å². The maximum absolute atomic E-state index is 13.2. The first kappa shape index (κ1) is 17.4. The summed E-state index contributed by atoms with van der Waals surface area (Å²) in [5.41, 5.74) is 3.41. The number of rotatable bonds is 4. The van der Waals surface area contributed by atoms with E-state index in [1.54, 1.807) is 18.2 Å². The van der Waals surface area contributed by atoms with Gasteiger partial charge in [0.25, 0.3) is 5.56 Å². The molecule has 0 aliphatic heterocycles. The zero-order valence-electron chi connectivity index (χ0n) is 14.7. The lowest BCUT2D eigenvalue weighted by Gasteiger charge is -2.06. The van der Waals surface area contributed by atoms with Crippen LogP contribution in [0.3, 0.4) is 0 Å². The van der Waals surface area contributed by atoms with Crippen molar-refractivity contribution in [3.05, 3.63) is 75.2 Å². The van der Waals surface area contributed by atoms with Crippen molar-refractivity contribution in [2.45, 2.75) is 20.4 Å². The Balaban J connectivity index is 1.77. The third-order valence-electron chi connectivity index (χ3n) is 4.48. The molecule has 27 heavy (non-hydrogen) atoms. The summed E-state index contributed by atoms with van der Waals surface area (Å²) in [6.45, 7) is 3.62. The average Bonchev–Trinajstić information content (AvgIpc) is 3.21. The number of aryl methyl sites for hydroxylation is 2. The van der Waals surface area contributed by atoms with Gasteiger partial charge in [-0.15, -0.1) is 11.3 Å². The van der Waals surface area contributed by atoms with Crippen molar-refractivity contribution in [1.82, 2.24) is 14.5 Å². The number of nitrogens with one attached hydrogen (secondary N) is 1. The van der Waals surface area contributed by atoms with Crippen LogP contribution in [0.5, 0.6) is 0 Å². The molecule has 0 radical (unpaired) electrons. The largest absolute Gasteiger partial charge is 0.362 e. The van der Waals surface area contributed by atoms with E-state index in [1.165, 1.54) is 34.4 Å². The number of aromatic nitrogens is 3. The normalized spacial score (nSPS) is 11.2. The van der Waals surface area contributed by atoms with Gasteiger partial charge in [-0.2, -0.15) is 0 Å². The zero-order chi connectivity index (χ0) is 19.1. The highest BCUT2D eigenvalue weighted by molar-refractivity contribution is 7.17. The number of Topliss-reactive ketones (excluding diaryl/α,β-unsaturated/α-hetero) is 1.